The van der Waals surface area contributed by atoms with Gasteiger partial charge in [0.25, 0.3) is 0 Å². The lowest BCUT2D eigenvalue weighted by atomic mass is 10.2. The number of benzene rings is 1. The van der Waals surface area contributed by atoms with Crippen LogP contribution in [0.4, 0.5) is 4.79 Å². The minimum atomic E-state index is -1.08. The van der Waals surface area contributed by atoms with Crippen molar-refractivity contribution >= 4 is 6.09 Å². The molecule has 0 spiro atoms. The van der Waals surface area contributed by atoms with Crippen molar-refractivity contribution in [3.05, 3.63) is 35.9 Å². The number of aliphatic hydroxyl groups excluding tert-OH is 2. The Balaban J connectivity index is 2.58. The summed E-state index contributed by atoms with van der Waals surface area (Å²) in [6.07, 6.45) is -1.73. The number of hydrogen-bond donors (Lipinski definition) is 3. The Bertz CT molecular complexity index is 342. The second-order valence-electron chi connectivity index (χ2n) is 3.81. The fourth-order valence-electron chi connectivity index (χ4n) is 1.51. The van der Waals surface area contributed by atoms with Gasteiger partial charge in [-0.25, -0.2) is 4.79 Å². The van der Waals surface area contributed by atoms with Gasteiger partial charge in [0, 0.05) is 13.2 Å². The molecule has 17 heavy (non-hydrogen) atoms. The Labute approximate surface area is 99.9 Å². The SMILES string of the molecule is O=C(O)N(Cc1ccccc1)C[C@H](O)CCO. The van der Waals surface area contributed by atoms with Gasteiger partial charge in [-0.3, -0.25) is 0 Å². The van der Waals surface area contributed by atoms with Gasteiger partial charge in [0.15, 0.2) is 0 Å². The third-order valence-electron chi connectivity index (χ3n) is 2.38. The highest BCUT2D eigenvalue weighted by molar-refractivity contribution is 5.65. The van der Waals surface area contributed by atoms with Crippen molar-refractivity contribution < 1.29 is 20.1 Å². The predicted molar refractivity (Wildman–Crippen MR) is 62.6 cm³/mol. The van der Waals surface area contributed by atoms with Crippen LogP contribution in [0.2, 0.25) is 0 Å². The molecule has 0 aliphatic heterocycles. The lowest BCUT2D eigenvalue weighted by molar-refractivity contribution is 0.0775. The van der Waals surface area contributed by atoms with Crippen molar-refractivity contribution in [2.75, 3.05) is 13.2 Å². The van der Waals surface area contributed by atoms with Crippen LogP contribution in [0, 0.1) is 0 Å². The Hall–Kier alpha value is -1.59. The van der Waals surface area contributed by atoms with Crippen LogP contribution in [-0.4, -0.2) is 45.6 Å². The second kappa shape index (κ2) is 6.88. The zero-order valence-electron chi connectivity index (χ0n) is 9.49. The van der Waals surface area contributed by atoms with Crippen molar-refractivity contribution in [2.45, 2.75) is 19.1 Å². The number of carboxylic acid groups (broad SMARTS) is 1. The summed E-state index contributed by atoms with van der Waals surface area (Å²) in [4.78, 5) is 12.1. The van der Waals surface area contributed by atoms with Gasteiger partial charge in [-0.05, 0) is 12.0 Å². The lowest BCUT2D eigenvalue weighted by Gasteiger charge is -2.22. The molecular formula is C12H17NO4. The molecule has 0 unspecified atom stereocenters. The molecule has 1 atom stereocenters. The van der Waals surface area contributed by atoms with E-state index in [4.69, 9.17) is 10.2 Å². The van der Waals surface area contributed by atoms with Crippen molar-refractivity contribution in [2.24, 2.45) is 0 Å². The first-order valence-electron chi connectivity index (χ1n) is 5.44. The molecule has 0 bridgehead atoms. The smallest absolute Gasteiger partial charge is 0.407 e. The number of amides is 1. The van der Waals surface area contributed by atoms with E-state index in [-0.39, 0.29) is 26.1 Å². The normalized spacial score (nSPS) is 12.1. The summed E-state index contributed by atoms with van der Waals surface area (Å²) in [5, 5.41) is 27.1. The number of aliphatic hydroxyl groups is 2. The van der Waals surface area contributed by atoms with Crippen LogP contribution >= 0.6 is 0 Å². The van der Waals surface area contributed by atoms with Gasteiger partial charge in [0.1, 0.15) is 0 Å². The zero-order valence-corrected chi connectivity index (χ0v) is 9.49. The number of carbonyl (C=O) groups is 1. The van der Waals surface area contributed by atoms with E-state index in [1.807, 2.05) is 30.3 Å². The van der Waals surface area contributed by atoms with Crippen molar-refractivity contribution in [1.29, 1.82) is 0 Å². The first kappa shape index (κ1) is 13.5. The van der Waals surface area contributed by atoms with Crippen LogP contribution < -0.4 is 0 Å². The maximum atomic E-state index is 11.0. The number of hydrogen-bond acceptors (Lipinski definition) is 3. The molecule has 94 valence electrons. The first-order valence-corrected chi connectivity index (χ1v) is 5.44. The molecule has 1 rings (SSSR count). The van der Waals surface area contributed by atoms with Crippen LogP contribution in [0.5, 0.6) is 0 Å². The summed E-state index contributed by atoms with van der Waals surface area (Å²) < 4.78 is 0. The summed E-state index contributed by atoms with van der Waals surface area (Å²) in [5.74, 6) is 0. The van der Waals surface area contributed by atoms with E-state index < -0.39 is 12.2 Å². The fourth-order valence-corrected chi connectivity index (χ4v) is 1.51. The second-order valence-corrected chi connectivity index (χ2v) is 3.81. The molecule has 1 amide bonds. The van der Waals surface area contributed by atoms with E-state index >= 15 is 0 Å². The van der Waals surface area contributed by atoms with Gasteiger partial charge >= 0.3 is 6.09 Å². The van der Waals surface area contributed by atoms with Crippen LogP contribution in [0.3, 0.4) is 0 Å². The van der Waals surface area contributed by atoms with E-state index in [2.05, 4.69) is 0 Å². The third kappa shape index (κ3) is 4.84. The van der Waals surface area contributed by atoms with Gasteiger partial charge < -0.3 is 20.2 Å². The molecule has 0 aliphatic rings. The monoisotopic (exact) mass is 239 g/mol. The van der Waals surface area contributed by atoms with Crippen LogP contribution in [0.25, 0.3) is 0 Å². The highest BCUT2D eigenvalue weighted by atomic mass is 16.4. The maximum absolute atomic E-state index is 11.0. The fraction of sp³-hybridized carbons (Fsp3) is 0.417. The average Bonchev–Trinajstić information content (AvgIpc) is 2.29. The van der Waals surface area contributed by atoms with E-state index in [1.54, 1.807) is 0 Å². The topological polar surface area (TPSA) is 81.0 Å². The summed E-state index contributed by atoms with van der Waals surface area (Å²) in [5.41, 5.74) is 0.867. The first-order chi connectivity index (χ1) is 8.13. The molecular weight excluding hydrogens is 222 g/mol. The molecule has 0 aromatic heterocycles. The van der Waals surface area contributed by atoms with E-state index in [9.17, 15) is 9.90 Å². The highest BCUT2D eigenvalue weighted by Crippen LogP contribution is 2.06. The quantitative estimate of drug-likeness (QED) is 0.689. The van der Waals surface area contributed by atoms with Crippen LogP contribution in [0.1, 0.15) is 12.0 Å². The summed E-state index contributed by atoms with van der Waals surface area (Å²) in [6, 6.07) is 9.18. The third-order valence-corrected chi connectivity index (χ3v) is 2.38. The maximum Gasteiger partial charge on any atom is 0.407 e. The van der Waals surface area contributed by atoms with Gasteiger partial charge in [0.05, 0.1) is 12.6 Å². The largest absolute Gasteiger partial charge is 0.465 e. The zero-order chi connectivity index (χ0) is 12.7. The van der Waals surface area contributed by atoms with Gasteiger partial charge in [-0.15, -0.1) is 0 Å². The number of rotatable bonds is 6. The molecule has 1 aromatic rings. The molecule has 0 radical (unpaired) electrons. The minimum Gasteiger partial charge on any atom is -0.465 e. The highest BCUT2D eigenvalue weighted by Gasteiger charge is 2.16. The van der Waals surface area contributed by atoms with Crippen molar-refractivity contribution in [3.8, 4) is 0 Å². The van der Waals surface area contributed by atoms with Crippen LogP contribution in [-0.2, 0) is 6.54 Å². The Kier molecular flexibility index (Phi) is 5.45. The predicted octanol–water partition coefficient (Wildman–Crippen LogP) is 0.910. The summed E-state index contributed by atoms with van der Waals surface area (Å²) >= 11 is 0. The lowest BCUT2D eigenvalue weighted by Crippen LogP contribution is -2.36. The molecule has 0 aliphatic carbocycles. The van der Waals surface area contributed by atoms with E-state index in [1.165, 1.54) is 0 Å². The van der Waals surface area contributed by atoms with Crippen molar-refractivity contribution in [1.82, 2.24) is 4.90 Å². The number of nitrogens with zero attached hydrogens (tertiary/aromatic N) is 1. The summed E-state index contributed by atoms with van der Waals surface area (Å²) in [6.45, 7) is 0.0867. The molecule has 0 fully saturated rings. The Morgan fingerprint density at radius 1 is 1.29 bits per heavy atom. The molecule has 5 nitrogen and oxygen atoms in total. The minimum absolute atomic E-state index is 0.00475. The molecule has 3 N–H and O–H groups in total. The van der Waals surface area contributed by atoms with Crippen LogP contribution in [0.15, 0.2) is 30.3 Å². The van der Waals surface area contributed by atoms with Gasteiger partial charge in [-0.1, -0.05) is 30.3 Å². The molecule has 0 heterocycles. The molecule has 1 aromatic carbocycles. The van der Waals surface area contributed by atoms with E-state index in [0.29, 0.717) is 0 Å². The molecule has 0 saturated carbocycles. The van der Waals surface area contributed by atoms with E-state index in [0.717, 1.165) is 10.5 Å². The molecule has 0 saturated heterocycles. The van der Waals surface area contributed by atoms with Crippen molar-refractivity contribution in [3.63, 3.8) is 0 Å². The Morgan fingerprint density at radius 2 is 1.94 bits per heavy atom. The summed E-state index contributed by atoms with van der Waals surface area (Å²) in [7, 11) is 0. The standard InChI is InChI=1S/C12H17NO4/c14-7-6-11(15)9-13(12(16)17)8-10-4-2-1-3-5-10/h1-5,11,14-15H,6-9H2,(H,16,17)/t11-/m1/s1. The Morgan fingerprint density at radius 3 is 2.47 bits per heavy atom. The van der Waals surface area contributed by atoms with Gasteiger partial charge in [-0.2, -0.15) is 0 Å². The average molecular weight is 239 g/mol. The molecule has 5 heteroatoms. The van der Waals surface area contributed by atoms with Gasteiger partial charge in [0.2, 0.25) is 0 Å².